The van der Waals surface area contributed by atoms with Crippen molar-refractivity contribution in [2.45, 2.75) is 56.7 Å². The second-order valence-electron chi connectivity index (χ2n) is 5.65. The van der Waals surface area contributed by atoms with Crippen molar-refractivity contribution in [3.8, 4) is 0 Å². The van der Waals surface area contributed by atoms with Gasteiger partial charge in [0, 0.05) is 31.6 Å². The maximum Gasteiger partial charge on any atom is 0.0697 e. The molecule has 0 radical (unpaired) electrons. The predicted octanol–water partition coefficient (Wildman–Crippen LogP) is 1.96. The van der Waals surface area contributed by atoms with Crippen molar-refractivity contribution >= 4 is 0 Å². The molecule has 1 saturated heterocycles. The molecule has 1 atom stereocenters. The molecule has 2 aliphatic rings. The van der Waals surface area contributed by atoms with Crippen LogP contribution in [0.3, 0.4) is 0 Å². The third-order valence-corrected chi connectivity index (χ3v) is 4.34. The van der Waals surface area contributed by atoms with Crippen molar-refractivity contribution in [1.82, 2.24) is 15.1 Å². The fourth-order valence-corrected chi connectivity index (χ4v) is 3.39. The van der Waals surface area contributed by atoms with Crippen LogP contribution in [-0.2, 0) is 11.3 Å². The predicted molar refractivity (Wildman–Crippen MR) is 70.4 cm³/mol. The van der Waals surface area contributed by atoms with Crippen LogP contribution in [0.15, 0.2) is 18.5 Å². The first-order valence-electron chi connectivity index (χ1n) is 7.21. The van der Waals surface area contributed by atoms with Crippen molar-refractivity contribution in [2.24, 2.45) is 0 Å². The molecule has 0 aromatic carbocycles. The Morgan fingerprint density at radius 2 is 2.28 bits per heavy atom. The van der Waals surface area contributed by atoms with E-state index < -0.39 is 0 Å². The van der Waals surface area contributed by atoms with Gasteiger partial charge in [0.2, 0.25) is 0 Å². The first-order valence-corrected chi connectivity index (χ1v) is 7.21. The van der Waals surface area contributed by atoms with E-state index in [2.05, 4.69) is 10.4 Å². The summed E-state index contributed by atoms with van der Waals surface area (Å²) in [5.74, 6) is 0. The molecule has 0 bridgehead atoms. The summed E-state index contributed by atoms with van der Waals surface area (Å²) in [4.78, 5) is 0. The lowest BCUT2D eigenvalue weighted by molar-refractivity contribution is -0.0835. The van der Waals surface area contributed by atoms with Gasteiger partial charge in [-0.2, -0.15) is 5.10 Å². The van der Waals surface area contributed by atoms with Gasteiger partial charge in [0.1, 0.15) is 0 Å². The first kappa shape index (κ1) is 12.2. The number of nitrogens with zero attached hydrogens (tertiary/aromatic N) is 2. The molecule has 2 heterocycles. The van der Waals surface area contributed by atoms with Gasteiger partial charge in [0.15, 0.2) is 0 Å². The average molecular weight is 249 g/mol. The van der Waals surface area contributed by atoms with Crippen LogP contribution in [0.4, 0.5) is 0 Å². The van der Waals surface area contributed by atoms with E-state index in [1.54, 1.807) is 0 Å². The fourth-order valence-electron chi connectivity index (χ4n) is 3.39. The molecule has 1 spiro atoms. The highest BCUT2D eigenvalue weighted by atomic mass is 16.5. The Morgan fingerprint density at radius 1 is 1.39 bits per heavy atom. The van der Waals surface area contributed by atoms with E-state index >= 15 is 0 Å². The first-order chi connectivity index (χ1) is 8.86. The zero-order valence-electron chi connectivity index (χ0n) is 11.0. The smallest absolute Gasteiger partial charge is 0.0697 e. The van der Waals surface area contributed by atoms with E-state index in [1.807, 2.05) is 23.1 Å². The Balaban J connectivity index is 1.45. The standard InChI is InChI=1S/C14H23N3O/c1-2-6-14(5-1)12-13(4-11-18-14)15-8-10-17-9-3-7-16-17/h3,7,9,13,15H,1-2,4-6,8,10-12H2. The van der Waals surface area contributed by atoms with Gasteiger partial charge in [0.25, 0.3) is 0 Å². The molecule has 1 unspecified atom stereocenters. The van der Waals surface area contributed by atoms with E-state index in [0.717, 1.165) is 26.1 Å². The Kier molecular flexibility index (Phi) is 3.66. The fraction of sp³-hybridized carbons (Fsp3) is 0.786. The SMILES string of the molecule is c1cnn(CCNC2CCOC3(CCCC3)C2)c1. The molecular weight excluding hydrogens is 226 g/mol. The lowest BCUT2D eigenvalue weighted by Crippen LogP contribution is -2.46. The molecule has 1 N–H and O–H groups in total. The van der Waals surface area contributed by atoms with Gasteiger partial charge in [-0.05, 0) is 31.7 Å². The summed E-state index contributed by atoms with van der Waals surface area (Å²) in [7, 11) is 0. The van der Waals surface area contributed by atoms with Gasteiger partial charge >= 0.3 is 0 Å². The molecule has 2 fully saturated rings. The Morgan fingerprint density at radius 3 is 3.06 bits per heavy atom. The van der Waals surface area contributed by atoms with E-state index in [9.17, 15) is 0 Å². The van der Waals surface area contributed by atoms with Crippen LogP contribution < -0.4 is 5.32 Å². The van der Waals surface area contributed by atoms with Gasteiger partial charge in [-0.3, -0.25) is 4.68 Å². The Bertz CT molecular complexity index is 357. The quantitative estimate of drug-likeness (QED) is 0.886. The van der Waals surface area contributed by atoms with Crippen molar-refractivity contribution in [3.63, 3.8) is 0 Å². The van der Waals surface area contributed by atoms with Crippen molar-refractivity contribution in [2.75, 3.05) is 13.2 Å². The van der Waals surface area contributed by atoms with E-state index in [-0.39, 0.29) is 5.60 Å². The molecule has 0 amide bonds. The van der Waals surface area contributed by atoms with E-state index in [4.69, 9.17) is 4.74 Å². The monoisotopic (exact) mass is 249 g/mol. The molecule has 100 valence electrons. The van der Waals surface area contributed by atoms with Crippen molar-refractivity contribution in [3.05, 3.63) is 18.5 Å². The number of ether oxygens (including phenoxy) is 1. The zero-order chi connectivity index (χ0) is 12.3. The lowest BCUT2D eigenvalue weighted by atomic mass is 9.89. The molecule has 1 aliphatic carbocycles. The Hall–Kier alpha value is -0.870. The highest BCUT2D eigenvalue weighted by molar-refractivity contribution is 4.93. The van der Waals surface area contributed by atoms with E-state index in [1.165, 1.54) is 32.1 Å². The summed E-state index contributed by atoms with van der Waals surface area (Å²) in [6.45, 7) is 2.89. The molecule has 4 heteroatoms. The maximum atomic E-state index is 6.05. The third kappa shape index (κ3) is 2.75. The lowest BCUT2D eigenvalue weighted by Gasteiger charge is -2.38. The summed E-state index contributed by atoms with van der Waals surface area (Å²) in [5, 5.41) is 7.89. The number of rotatable bonds is 4. The maximum absolute atomic E-state index is 6.05. The highest BCUT2D eigenvalue weighted by Crippen LogP contribution is 2.39. The summed E-state index contributed by atoms with van der Waals surface area (Å²) < 4.78 is 8.04. The van der Waals surface area contributed by atoms with Crippen LogP contribution in [0.2, 0.25) is 0 Å². The minimum atomic E-state index is 0.224. The minimum Gasteiger partial charge on any atom is -0.375 e. The van der Waals surface area contributed by atoms with Crippen LogP contribution in [0, 0.1) is 0 Å². The van der Waals surface area contributed by atoms with Gasteiger partial charge < -0.3 is 10.1 Å². The molecule has 1 saturated carbocycles. The van der Waals surface area contributed by atoms with E-state index in [0.29, 0.717) is 6.04 Å². The number of hydrogen-bond acceptors (Lipinski definition) is 3. The second kappa shape index (κ2) is 5.41. The van der Waals surface area contributed by atoms with Crippen molar-refractivity contribution < 1.29 is 4.74 Å². The number of aromatic nitrogens is 2. The summed E-state index contributed by atoms with van der Waals surface area (Å²) in [5.41, 5.74) is 0.224. The largest absolute Gasteiger partial charge is 0.375 e. The van der Waals surface area contributed by atoms with Gasteiger partial charge in [-0.25, -0.2) is 0 Å². The average Bonchev–Trinajstić information content (AvgIpc) is 3.02. The number of nitrogens with one attached hydrogen (secondary N) is 1. The van der Waals surface area contributed by atoms with Crippen LogP contribution >= 0.6 is 0 Å². The number of hydrogen-bond donors (Lipinski definition) is 1. The molecular formula is C14H23N3O. The summed E-state index contributed by atoms with van der Waals surface area (Å²) >= 11 is 0. The van der Waals surface area contributed by atoms with Crippen molar-refractivity contribution in [1.29, 1.82) is 0 Å². The molecule has 1 aromatic heterocycles. The van der Waals surface area contributed by atoms with Gasteiger partial charge in [-0.15, -0.1) is 0 Å². The molecule has 1 aromatic rings. The van der Waals surface area contributed by atoms with Crippen LogP contribution in [0.1, 0.15) is 38.5 Å². The molecule has 1 aliphatic heterocycles. The molecule has 18 heavy (non-hydrogen) atoms. The second-order valence-corrected chi connectivity index (χ2v) is 5.65. The van der Waals surface area contributed by atoms with Crippen LogP contribution in [0.25, 0.3) is 0 Å². The topological polar surface area (TPSA) is 39.1 Å². The van der Waals surface area contributed by atoms with Crippen LogP contribution in [-0.4, -0.2) is 34.6 Å². The van der Waals surface area contributed by atoms with Gasteiger partial charge in [0.05, 0.1) is 12.1 Å². The minimum absolute atomic E-state index is 0.224. The zero-order valence-corrected chi connectivity index (χ0v) is 11.0. The summed E-state index contributed by atoms with van der Waals surface area (Å²) in [6.07, 6.45) is 11.4. The van der Waals surface area contributed by atoms with Crippen LogP contribution in [0.5, 0.6) is 0 Å². The molecule has 4 nitrogen and oxygen atoms in total. The third-order valence-electron chi connectivity index (χ3n) is 4.34. The van der Waals surface area contributed by atoms with Gasteiger partial charge in [-0.1, -0.05) is 12.8 Å². The Labute approximate surface area is 109 Å². The summed E-state index contributed by atoms with van der Waals surface area (Å²) in [6, 6.07) is 2.61. The molecule has 3 rings (SSSR count). The highest BCUT2D eigenvalue weighted by Gasteiger charge is 2.39. The normalized spacial score (nSPS) is 26.8.